The average molecular weight is 366 g/mol. The molecule has 1 atom stereocenters. The Bertz CT molecular complexity index is 1050. The average Bonchev–Trinajstić information content (AvgIpc) is 3.27. The molecular formula is C18H19N6OP. The van der Waals surface area contributed by atoms with Crippen molar-refractivity contribution < 1.29 is 4.89 Å². The fraction of sp³-hybridized carbons (Fsp3) is 0.167. The van der Waals surface area contributed by atoms with E-state index in [1.165, 1.54) is 0 Å². The molecule has 3 heterocycles. The quantitative estimate of drug-likeness (QED) is 0.531. The van der Waals surface area contributed by atoms with Crippen molar-refractivity contribution in [1.82, 2.24) is 24.4 Å². The van der Waals surface area contributed by atoms with Crippen LogP contribution in [0.2, 0.25) is 0 Å². The Morgan fingerprint density at radius 3 is 2.81 bits per heavy atom. The maximum absolute atomic E-state index is 9.91. The first kappa shape index (κ1) is 16.7. The van der Waals surface area contributed by atoms with E-state index in [0.29, 0.717) is 5.95 Å². The highest BCUT2D eigenvalue weighted by molar-refractivity contribution is 7.59. The highest BCUT2D eigenvalue weighted by Crippen LogP contribution is 2.27. The second-order valence-corrected chi connectivity index (χ2v) is 7.46. The predicted molar refractivity (Wildman–Crippen MR) is 104 cm³/mol. The molecule has 0 saturated heterocycles. The number of rotatable bonds is 5. The van der Waals surface area contributed by atoms with Crippen LogP contribution in [0.4, 0.5) is 11.6 Å². The SMILES string of the molecule is CCn1cc(Nc2nc3cccc(-c4cccc(P(C)O)c4)n3n2)cn1. The van der Waals surface area contributed by atoms with Crippen LogP contribution in [0, 0.1) is 0 Å². The number of fused-ring (bicyclic) bond motifs is 1. The van der Waals surface area contributed by atoms with E-state index in [4.69, 9.17) is 0 Å². The van der Waals surface area contributed by atoms with Crippen molar-refractivity contribution >= 4 is 30.7 Å². The minimum absolute atomic E-state index is 0.518. The first-order chi connectivity index (χ1) is 12.6. The zero-order chi connectivity index (χ0) is 18.1. The molecule has 8 heteroatoms. The van der Waals surface area contributed by atoms with Gasteiger partial charge in [-0.1, -0.05) is 24.3 Å². The Labute approximate surface area is 152 Å². The van der Waals surface area contributed by atoms with Crippen molar-refractivity contribution in [3.63, 3.8) is 0 Å². The molecule has 132 valence electrons. The third-order valence-corrected chi connectivity index (χ3v) is 5.11. The van der Waals surface area contributed by atoms with E-state index in [1.807, 2.05) is 66.9 Å². The number of hydrogen-bond donors (Lipinski definition) is 2. The van der Waals surface area contributed by atoms with Crippen molar-refractivity contribution in [3.05, 3.63) is 54.9 Å². The number of aryl methyl sites for hydroxylation is 1. The standard InChI is InChI=1S/C18H19N6OP/c1-3-23-12-14(11-19-23)20-18-21-17-9-5-8-16(24(17)22-18)13-6-4-7-15(10-13)26(2)25/h4-12,25H,3H2,1-2H3,(H,20,22). The fourth-order valence-corrected chi connectivity index (χ4v) is 3.40. The van der Waals surface area contributed by atoms with Gasteiger partial charge in [0.05, 0.1) is 25.7 Å². The Morgan fingerprint density at radius 1 is 1.19 bits per heavy atom. The van der Waals surface area contributed by atoms with Crippen LogP contribution < -0.4 is 10.6 Å². The molecular weight excluding hydrogens is 347 g/mol. The molecule has 0 aliphatic heterocycles. The predicted octanol–water partition coefficient (Wildman–Crippen LogP) is 3.00. The van der Waals surface area contributed by atoms with Crippen LogP contribution in [0.25, 0.3) is 16.9 Å². The van der Waals surface area contributed by atoms with Gasteiger partial charge in [-0.15, -0.1) is 5.10 Å². The zero-order valence-electron chi connectivity index (χ0n) is 14.5. The number of nitrogens with zero attached hydrogens (tertiary/aromatic N) is 5. The third-order valence-electron chi connectivity index (χ3n) is 4.09. The van der Waals surface area contributed by atoms with Crippen molar-refractivity contribution in [2.24, 2.45) is 0 Å². The molecule has 0 amide bonds. The summed E-state index contributed by atoms with van der Waals surface area (Å²) in [6.45, 7) is 4.67. The van der Waals surface area contributed by atoms with Crippen molar-refractivity contribution in [3.8, 4) is 11.3 Å². The molecule has 0 bridgehead atoms. The summed E-state index contributed by atoms with van der Waals surface area (Å²) in [6, 6.07) is 13.8. The van der Waals surface area contributed by atoms with Gasteiger partial charge in [0.1, 0.15) is 0 Å². The lowest BCUT2D eigenvalue weighted by molar-refractivity contribution is 0.641. The van der Waals surface area contributed by atoms with E-state index in [-0.39, 0.29) is 0 Å². The molecule has 1 aromatic carbocycles. The summed E-state index contributed by atoms with van der Waals surface area (Å²) in [5, 5.41) is 13.0. The molecule has 3 aromatic heterocycles. The molecule has 0 radical (unpaired) electrons. The van der Waals surface area contributed by atoms with E-state index in [9.17, 15) is 4.89 Å². The molecule has 2 N–H and O–H groups in total. The topological polar surface area (TPSA) is 80.3 Å². The lowest BCUT2D eigenvalue weighted by atomic mass is 10.1. The van der Waals surface area contributed by atoms with Crippen molar-refractivity contribution in [2.45, 2.75) is 13.5 Å². The molecule has 0 aliphatic carbocycles. The van der Waals surface area contributed by atoms with Gasteiger partial charge in [0.25, 0.3) is 0 Å². The van der Waals surface area contributed by atoms with E-state index in [2.05, 4.69) is 20.5 Å². The van der Waals surface area contributed by atoms with Crippen molar-refractivity contribution in [2.75, 3.05) is 12.0 Å². The lowest BCUT2D eigenvalue weighted by Gasteiger charge is -2.08. The summed E-state index contributed by atoms with van der Waals surface area (Å²) in [5.41, 5.74) is 3.52. The molecule has 26 heavy (non-hydrogen) atoms. The zero-order valence-corrected chi connectivity index (χ0v) is 15.4. The van der Waals surface area contributed by atoms with E-state index < -0.39 is 8.15 Å². The van der Waals surface area contributed by atoms with Crippen LogP contribution in [0.5, 0.6) is 0 Å². The molecule has 0 spiro atoms. The van der Waals surface area contributed by atoms with Crippen LogP contribution >= 0.6 is 8.15 Å². The van der Waals surface area contributed by atoms with Crippen LogP contribution in [-0.2, 0) is 6.54 Å². The second-order valence-electron chi connectivity index (χ2n) is 5.90. The molecule has 0 saturated carbocycles. The first-order valence-corrected chi connectivity index (χ1v) is 10.1. The fourth-order valence-electron chi connectivity index (χ4n) is 2.77. The molecule has 4 rings (SSSR count). The number of hydrogen-bond acceptors (Lipinski definition) is 5. The normalized spacial score (nSPS) is 12.4. The van der Waals surface area contributed by atoms with Crippen LogP contribution in [0.1, 0.15) is 6.92 Å². The maximum Gasteiger partial charge on any atom is 0.247 e. The highest BCUT2D eigenvalue weighted by Gasteiger charge is 2.11. The van der Waals surface area contributed by atoms with Gasteiger partial charge in [0.2, 0.25) is 5.95 Å². The molecule has 0 fully saturated rings. The third kappa shape index (κ3) is 3.19. The largest absolute Gasteiger partial charge is 0.369 e. The second kappa shape index (κ2) is 6.86. The summed E-state index contributed by atoms with van der Waals surface area (Å²) >= 11 is 0. The monoisotopic (exact) mass is 366 g/mol. The number of pyridine rings is 1. The minimum Gasteiger partial charge on any atom is -0.369 e. The number of aromatic nitrogens is 5. The van der Waals surface area contributed by atoms with E-state index >= 15 is 0 Å². The van der Waals surface area contributed by atoms with Gasteiger partial charge in [0.15, 0.2) is 5.65 Å². The van der Waals surface area contributed by atoms with Gasteiger partial charge < -0.3 is 10.2 Å². The molecule has 1 unspecified atom stereocenters. The number of nitrogens with one attached hydrogen (secondary N) is 1. The summed E-state index contributed by atoms with van der Waals surface area (Å²) in [7, 11) is -1.14. The van der Waals surface area contributed by atoms with Gasteiger partial charge in [0, 0.05) is 23.6 Å². The Morgan fingerprint density at radius 2 is 2.04 bits per heavy atom. The minimum atomic E-state index is -1.14. The number of anilines is 2. The Hall–Kier alpha value is -2.76. The van der Waals surface area contributed by atoms with Crippen LogP contribution in [0.3, 0.4) is 0 Å². The maximum atomic E-state index is 9.91. The summed E-state index contributed by atoms with van der Waals surface area (Å²) in [5.74, 6) is 0.518. The highest BCUT2D eigenvalue weighted by atomic mass is 31.1. The first-order valence-electron chi connectivity index (χ1n) is 8.32. The van der Waals surface area contributed by atoms with E-state index in [1.54, 1.807) is 10.7 Å². The van der Waals surface area contributed by atoms with Gasteiger partial charge in [-0.2, -0.15) is 10.1 Å². The summed E-state index contributed by atoms with van der Waals surface area (Å²) in [6.07, 6.45) is 3.67. The molecule has 0 aliphatic rings. The van der Waals surface area contributed by atoms with E-state index in [0.717, 1.165) is 34.4 Å². The molecule has 7 nitrogen and oxygen atoms in total. The van der Waals surface area contributed by atoms with Gasteiger partial charge in [-0.25, -0.2) is 4.52 Å². The van der Waals surface area contributed by atoms with Gasteiger partial charge >= 0.3 is 0 Å². The Balaban J connectivity index is 1.72. The lowest BCUT2D eigenvalue weighted by Crippen LogP contribution is -2.01. The smallest absolute Gasteiger partial charge is 0.247 e. The summed E-state index contributed by atoms with van der Waals surface area (Å²) in [4.78, 5) is 14.5. The van der Waals surface area contributed by atoms with Gasteiger partial charge in [-0.3, -0.25) is 4.68 Å². The number of benzene rings is 1. The van der Waals surface area contributed by atoms with Crippen LogP contribution in [0.15, 0.2) is 54.9 Å². The van der Waals surface area contributed by atoms with Crippen molar-refractivity contribution in [1.29, 1.82) is 0 Å². The molecule has 4 aromatic rings. The Kier molecular flexibility index (Phi) is 4.41. The van der Waals surface area contributed by atoms with Gasteiger partial charge in [-0.05, 0) is 31.8 Å². The van der Waals surface area contributed by atoms with Crippen LogP contribution in [-0.4, -0.2) is 35.9 Å². The summed E-state index contributed by atoms with van der Waals surface area (Å²) < 4.78 is 3.65.